The molecule has 0 saturated carbocycles. The van der Waals surface area contributed by atoms with Crippen molar-refractivity contribution < 1.29 is 9.47 Å². The molecule has 0 aliphatic carbocycles. The summed E-state index contributed by atoms with van der Waals surface area (Å²) >= 11 is 0. The molecule has 0 saturated heterocycles. The van der Waals surface area contributed by atoms with Crippen LogP contribution in [0, 0.1) is 6.92 Å². The summed E-state index contributed by atoms with van der Waals surface area (Å²) < 4.78 is 12.4. The summed E-state index contributed by atoms with van der Waals surface area (Å²) in [4.78, 5) is 0. The highest BCUT2D eigenvalue weighted by atomic mass is 16.5. The minimum Gasteiger partial charge on any atom is -0.496 e. The van der Waals surface area contributed by atoms with Crippen LogP contribution in [0.25, 0.3) is 11.3 Å². The van der Waals surface area contributed by atoms with Crippen LogP contribution >= 0.6 is 0 Å². The Morgan fingerprint density at radius 3 is 2.11 bits per heavy atom. The van der Waals surface area contributed by atoms with Crippen molar-refractivity contribution >= 4 is 5.82 Å². The van der Waals surface area contributed by atoms with Crippen LogP contribution in [0.2, 0.25) is 0 Å². The maximum absolute atomic E-state index is 5.94. The van der Waals surface area contributed by atoms with Gasteiger partial charge in [0.1, 0.15) is 23.0 Å². The molecule has 1 aromatic carbocycles. The molecule has 2 N–H and O–H groups in total. The third kappa shape index (κ3) is 1.77. The molecule has 0 bridgehead atoms. The van der Waals surface area contributed by atoms with E-state index >= 15 is 0 Å². The Bertz CT molecular complexity index is 554. The van der Waals surface area contributed by atoms with Crippen LogP contribution in [-0.2, 0) is 7.05 Å². The van der Waals surface area contributed by atoms with Gasteiger partial charge in [0.05, 0.1) is 19.8 Å². The van der Waals surface area contributed by atoms with Gasteiger partial charge >= 0.3 is 0 Å². The molecule has 0 spiro atoms. The molecule has 0 fully saturated rings. The first kappa shape index (κ1) is 12.3. The lowest BCUT2D eigenvalue weighted by Crippen LogP contribution is -1.97. The molecule has 0 amide bonds. The number of anilines is 1. The number of hydrogen-bond donors (Lipinski definition) is 1. The number of aryl methyl sites for hydroxylation is 1. The molecule has 96 valence electrons. The highest BCUT2D eigenvalue weighted by Crippen LogP contribution is 2.39. The molecule has 2 aromatic rings. The van der Waals surface area contributed by atoms with E-state index in [4.69, 9.17) is 15.2 Å². The number of rotatable bonds is 3. The molecule has 0 aliphatic rings. The van der Waals surface area contributed by atoms with E-state index in [9.17, 15) is 0 Å². The van der Waals surface area contributed by atoms with Crippen LogP contribution < -0.4 is 15.2 Å². The topological polar surface area (TPSA) is 62.3 Å². The van der Waals surface area contributed by atoms with Crippen LogP contribution in [0.3, 0.4) is 0 Å². The van der Waals surface area contributed by atoms with Crippen molar-refractivity contribution in [3.63, 3.8) is 0 Å². The summed E-state index contributed by atoms with van der Waals surface area (Å²) in [6.07, 6.45) is 0. The number of aromatic nitrogens is 2. The maximum Gasteiger partial charge on any atom is 0.132 e. The predicted octanol–water partition coefficient (Wildman–Crippen LogP) is 1.99. The van der Waals surface area contributed by atoms with Gasteiger partial charge in [0.2, 0.25) is 0 Å². The second kappa shape index (κ2) is 4.60. The molecule has 0 aliphatic heterocycles. The number of hydrogen-bond acceptors (Lipinski definition) is 4. The van der Waals surface area contributed by atoms with Crippen molar-refractivity contribution in [3.8, 4) is 22.8 Å². The number of benzene rings is 1. The Labute approximate surface area is 106 Å². The van der Waals surface area contributed by atoms with E-state index in [0.29, 0.717) is 5.82 Å². The molecule has 1 aromatic heterocycles. The Kier molecular flexibility index (Phi) is 3.14. The first-order chi connectivity index (χ1) is 8.60. The summed E-state index contributed by atoms with van der Waals surface area (Å²) in [5.74, 6) is 2.07. The number of nitrogens with two attached hydrogens (primary N) is 1. The van der Waals surface area contributed by atoms with Crippen molar-refractivity contribution in [1.29, 1.82) is 0 Å². The fourth-order valence-electron chi connectivity index (χ4n) is 1.96. The Morgan fingerprint density at radius 1 is 1.17 bits per heavy atom. The van der Waals surface area contributed by atoms with Crippen LogP contribution in [-0.4, -0.2) is 24.0 Å². The van der Waals surface area contributed by atoms with Gasteiger partial charge in [-0.05, 0) is 19.1 Å². The third-order valence-corrected chi connectivity index (χ3v) is 3.00. The normalized spacial score (nSPS) is 10.4. The summed E-state index contributed by atoms with van der Waals surface area (Å²) in [6, 6.07) is 5.63. The van der Waals surface area contributed by atoms with Crippen LogP contribution in [0.5, 0.6) is 11.5 Å². The fraction of sp³-hybridized carbons (Fsp3) is 0.308. The van der Waals surface area contributed by atoms with E-state index in [1.807, 2.05) is 32.2 Å². The van der Waals surface area contributed by atoms with E-state index < -0.39 is 0 Å². The van der Waals surface area contributed by atoms with Gasteiger partial charge in [-0.1, -0.05) is 6.07 Å². The van der Waals surface area contributed by atoms with Crippen molar-refractivity contribution in [2.45, 2.75) is 6.92 Å². The lowest BCUT2D eigenvalue weighted by atomic mass is 10.1. The molecule has 0 radical (unpaired) electrons. The molecule has 5 heteroatoms. The standard InChI is InChI=1S/C13H17N3O2/c1-8-12(15-16(2)13(8)14)11-9(17-3)6-5-7-10(11)18-4/h5-7H,14H2,1-4H3. The van der Waals surface area contributed by atoms with Gasteiger partial charge in [0.25, 0.3) is 0 Å². The SMILES string of the molecule is COc1cccc(OC)c1-c1nn(C)c(N)c1C. The highest BCUT2D eigenvalue weighted by molar-refractivity contribution is 5.78. The zero-order valence-electron chi connectivity index (χ0n) is 11.0. The van der Waals surface area contributed by atoms with Gasteiger partial charge in [-0.3, -0.25) is 4.68 Å². The highest BCUT2D eigenvalue weighted by Gasteiger charge is 2.19. The molecular weight excluding hydrogens is 230 g/mol. The second-order valence-corrected chi connectivity index (χ2v) is 4.02. The average Bonchev–Trinajstić information content (AvgIpc) is 2.65. The van der Waals surface area contributed by atoms with E-state index in [1.165, 1.54) is 0 Å². The van der Waals surface area contributed by atoms with E-state index in [1.54, 1.807) is 18.9 Å². The van der Waals surface area contributed by atoms with Gasteiger partial charge < -0.3 is 15.2 Å². The number of nitrogens with zero attached hydrogens (tertiary/aromatic N) is 2. The predicted molar refractivity (Wildman–Crippen MR) is 70.9 cm³/mol. The Morgan fingerprint density at radius 2 is 1.72 bits per heavy atom. The quantitative estimate of drug-likeness (QED) is 0.901. The van der Waals surface area contributed by atoms with E-state index in [2.05, 4.69) is 5.10 Å². The van der Waals surface area contributed by atoms with Crippen molar-refractivity contribution in [3.05, 3.63) is 23.8 Å². The van der Waals surface area contributed by atoms with Crippen molar-refractivity contribution in [1.82, 2.24) is 9.78 Å². The van der Waals surface area contributed by atoms with Crippen LogP contribution in [0.4, 0.5) is 5.82 Å². The van der Waals surface area contributed by atoms with Crippen LogP contribution in [0.15, 0.2) is 18.2 Å². The maximum atomic E-state index is 5.94. The fourth-order valence-corrected chi connectivity index (χ4v) is 1.96. The molecule has 2 rings (SSSR count). The van der Waals surface area contributed by atoms with Gasteiger partial charge in [0, 0.05) is 12.6 Å². The second-order valence-electron chi connectivity index (χ2n) is 4.02. The number of ether oxygens (including phenoxy) is 2. The third-order valence-electron chi connectivity index (χ3n) is 3.00. The van der Waals surface area contributed by atoms with Crippen molar-refractivity contribution in [2.24, 2.45) is 7.05 Å². The van der Waals surface area contributed by atoms with E-state index in [0.717, 1.165) is 28.3 Å². The zero-order valence-corrected chi connectivity index (χ0v) is 11.0. The monoisotopic (exact) mass is 247 g/mol. The first-order valence-corrected chi connectivity index (χ1v) is 5.60. The molecule has 18 heavy (non-hydrogen) atoms. The summed E-state index contributed by atoms with van der Waals surface area (Å²) in [6.45, 7) is 1.93. The van der Waals surface area contributed by atoms with Gasteiger partial charge in [0.15, 0.2) is 0 Å². The van der Waals surface area contributed by atoms with Gasteiger partial charge in [-0.15, -0.1) is 0 Å². The first-order valence-electron chi connectivity index (χ1n) is 5.60. The summed E-state index contributed by atoms with van der Waals surface area (Å²) in [7, 11) is 5.06. The molecule has 5 nitrogen and oxygen atoms in total. The number of nitrogen functional groups attached to an aromatic ring is 1. The molecule has 0 unspecified atom stereocenters. The minimum atomic E-state index is 0.637. The Hall–Kier alpha value is -2.17. The molecule has 0 atom stereocenters. The summed E-state index contributed by atoms with van der Waals surface area (Å²) in [5.41, 5.74) is 8.47. The smallest absolute Gasteiger partial charge is 0.132 e. The number of methoxy groups -OCH3 is 2. The van der Waals surface area contributed by atoms with E-state index in [-0.39, 0.29) is 0 Å². The molecule has 1 heterocycles. The summed E-state index contributed by atoms with van der Waals surface area (Å²) in [5, 5.41) is 4.43. The van der Waals surface area contributed by atoms with Crippen LogP contribution in [0.1, 0.15) is 5.56 Å². The van der Waals surface area contributed by atoms with Crippen molar-refractivity contribution in [2.75, 3.05) is 20.0 Å². The minimum absolute atomic E-state index is 0.637. The molecular formula is C13H17N3O2. The average molecular weight is 247 g/mol. The van der Waals surface area contributed by atoms with Gasteiger partial charge in [-0.2, -0.15) is 5.10 Å². The lowest BCUT2D eigenvalue weighted by Gasteiger charge is -2.11. The lowest BCUT2D eigenvalue weighted by molar-refractivity contribution is 0.397. The largest absolute Gasteiger partial charge is 0.496 e. The van der Waals surface area contributed by atoms with Gasteiger partial charge in [-0.25, -0.2) is 0 Å². The Balaban J connectivity index is 2.72. The zero-order chi connectivity index (χ0) is 13.3.